The lowest BCUT2D eigenvalue weighted by molar-refractivity contribution is 1.10. The van der Waals surface area contributed by atoms with Crippen LogP contribution in [-0.4, -0.2) is 20.5 Å². The second-order valence-corrected chi connectivity index (χ2v) is 3.03. The fraction of sp³-hybridized carbons (Fsp3) is 0.111. The van der Waals surface area contributed by atoms with Crippen molar-refractivity contribution in [3.8, 4) is 11.8 Å². The van der Waals surface area contributed by atoms with Crippen molar-refractivity contribution >= 4 is 27.0 Å². The maximum atomic E-state index is 4.16. The monoisotopic (exact) mass is 235 g/mol. The van der Waals surface area contributed by atoms with Gasteiger partial charge in [-0.25, -0.2) is 4.98 Å². The van der Waals surface area contributed by atoms with Crippen LogP contribution in [0.1, 0.15) is 5.56 Å². The molecule has 0 bridgehead atoms. The summed E-state index contributed by atoms with van der Waals surface area (Å²) in [5.41, 5.74) is 1.71. The standard InChI is InChI=1S/C9H6BrN3/c10-3-1-2-7-4-8-6-12-13-9(8)11-5-7/h4-6H,3H2,(H,11,12,13). The van der Waals surface area contributed by atoms with Crippen LogP contribution in [0.5, 0.6) is 0 Å². The highest BCUT2D eigenvalue weighted by atomic mass is 79.9. The van der Waals surface area contributed by atoms with Crippen molar-refractivity contribution in [1.82, 2.24) is 15.2 Å². The van der Waals surface area contributed by atoms with E-state index in [1.807, 2.05) is 6.07 Å². The fourth-order valence-corrected chi connectivity index (χ4v) is 1.18. The number of hydrogen-bond donors (Lipinski definition) is 1. The number of fused-ring (bicyclic) bond motifs is 1. The van der Waals surface area contributed by atoms with Gasteiger partial charge < -0.3 is 0 Å². The summed E-state index contributed by atoms with van der Waals surface area (Å²) in [5.74, 6) is 5.89. The van der Waals surface area contributed by atoms with Crippen molar-refractivity contribution in [2.45, 2.75) is 0 Å². The zero-order chi connectivity index (χ0) is 9.10. The Morgan fingerprint density at radius 2 is 2.38 bits per heavy atom. The molecule has 0 atom stereocenters. The first-order valence-corrected chi connectivity index (χ1v) is 4.86. The second kappa shape index (κ2) is 3.58. The minimum absolute atomic E-state index is 0.677. The van der Waals surface area contributed by atoms with E-state index in [-0.39, 0.29) is 0 Å². The van der Waals surface area contributed by atoms with Crippen LogP contribution < -0.4 is 0 Å². The molecule has 13 heavy (non-hydrogen) atoms. The quantitative estimate of drug-likeness (QED) is 0.558. The van der Waals surface area contributed by atoms with Crippen molar-refractivity contribution in [1.29, 1.82) is 0 Å². The number of halogens is 1. The van der Waals surface area contributed by atoms with Gasteiger partial charge in [-0.15, -0.1) is 0 Å². The Bertz CT molecular complexity index is 478. The van der Waals surface area contributed by atoms with Crippen LogP contribution in [0, 0.1) is 11.8 Å². The van der Waals surface area contributed by atoms with Crippen molar-refractivity contribution in [2.24, 2.45) is 0 Å². The van der Waals surface area contributed by atoms with Gasteiger partial charge in [0.2, 0.25) is 0 Å². The van der Waals surface area contributed by atoms with E-state index in [4.69, 9.17) is 0 Å². The lowest BCUT2D eigenvalue weighted by Crippen LogP contribution is -1.79. The van der Waals surface area contributed by atoms with Gasteiger partial charge in [0.05, 0.1) is 11.5 Å². The van der Waals surface area contributed by atoms with Crippen molar-refractivity contribution in [3.05, 3.63) is 24.0 Å². The number of nitrogens with zero attached hydrogens (tertiary/aromatic N) is 2. The topological polar surface area (TPSA) is 41.6 Å². The molecule has 64 valence electrons. The van der Waals surface area contributed by atoms with Gasteiger partial charge in [-0.05, 0) is 6.07 Å². The van der Waals surface area contributed by atoms with E-state index in [0.717, 1.165) is 16.6 Å². The van der Waals surface area contributed by atoms with E-state index >= 15 is 0 Å². The Morgan fingerprint density at radius 1 is 1.46 bits per heavy atom. The van der Waals surface area contributed by atoms with Gasteiger partial charge in [-0.2, -0.15) is 5.10 Å². The molecule has 0 fully saturated rings. The van der Waals surface area contributed by atoms with Gasteiger partial charge in [0, 0.05) is 17.1 Å². The smallest absolute Gasteiger partial charge is 0.155 e. The predicted octanol–water partition coefficient (Wildman–Crippen LogP) is 1.70. The first-order valence-electron chi connectivity index (χ1n) is 3.74. The molecule has 1 N–H and O–H groups in total. The molecule has 0 saturated carbocycles. The first kappa shape index (κ1) is 8.27. The second-order valence-electron chi connectivity index (χ2n) is 2.47. The number of alkyl halides is 1. The largest absolute Gasteiger partial charge is 0.261 e. The Morgan fingerprint density at radius 3 is 3.23 bits per heavy atom. The number of rotatable bonds is 0. The molecule has 2 rings (SSSR count). The molecule has 0 aromatic carbocycles. The van der Waals surface area contributed by atoms with Gasteiger partial charge >= 0.3 is 0 Å². The third-order valence-electron chi connectivity index (χ3n) is 1.59. The summed E-state index contributed by atoms with van der Waals surface area (Å²) in [7, 11) is 0. The molecule has 0 amide bonds. The SMILES string of the molecule is BrCC#Cc1cnc2[nH]ncc2c1. The summed E-state index contributed by atoms with van der Waals surface area (Å²) in [6.07, 6.45) is 3.47. The summed E-state index contributed by atoms with van der Waals surface area (Å²) < 4.78 is 0. The highest BCUT2D eigenvalue weighted by Crippen LogP contribution is 2.08. The maximum absolute atomic E-state index is 4.16. The molecule has 0 spiro atoms. The van der Waals surface area contributed by atoms with E-state index in [2.05, 4.69) is 43.0 Å². The number of pyridine rings is 1. The molecule has 2 aromatic heterocycles. The van der Waals surface area contributed by atoms with E-state index in [1.54, 1.807) is 12.4 Å². The summed E-state index contributed by atoms with van der Waals surface area (Å²) in [5, 5.41) is 8.33. The number of nitrogens with one attached hydrogen (secondary N) is 1. The third kappa shape index (κ3) is 1.70. The Hall–Kier alpha value is -1.34. The summed E-state index contributed by atoms with van der Waals surface area (Å²) in [4.78, 5) is 4.16. The maximum Gasteiger partial charge on any atom is 0.155 e. The van der Waals surface area contributed by atoms with Crippen LogP contribution in [0.25, 0.3) is 11.0 Å². The van der Waals surface area contributed by atoms with E-state index in [1.165, 1.54) is 0 Å². The molecule has 0 radical (unpaired) electrons. The van der Waals surface area contributed by atoms with Crippen LogP contribution >= 0.6 is 15.9 Å². The Balaban J connectivity index is 2.48. The molecule has 3 nitrogen and oxygen atoms in total. The zero-order valence-corrected chi connectivity index (χ0v) is 8.30. The van der Waals surface area contributed by atoms with E-state index < -0.39 is 0 Å². The van der Waals surface area contributed by atoms with Crippen LogP contribution in [-0.2, 0) is 0 Å². The van der Waals surface area contributed by atoms with E-state index in [0.29, 0.717) is 5.33 Å². The van der Waals surface area contributed by atoms with Gasteiger partial charge in [0.15, 0.2) is 5.65 Å². The number of H-pyrrole nitrogens is 1. The van der Waals surface area contributed by atoms with Gasteiger partial charge in [0.25, 0.3) is 0 Å². The average molecular weight is 236 g/mol. The third-order valence-corrected chi connectivity index (χ3v) is 1.87. The molecule has 2 aromatic rings. The number of aromatic nitrogens is 3. The Labute approximate surface area is 83.7 Å². The highest BCUT2D eigenvalue weighted by molar-refractivity contribution is 9.09. The minimum atomic E-state index is 0.677. The summed E-state index contributed by atoms with van der Waals surface area (Å²) in [6, 6.07) is 1.96. The molecule has 0 saturated heterocycles. The van der Waals surface area contributed by atoms with Crippen LogP contribution in [0.15, 0.2) is 18.5 Å². The minimum Gasteiger partial charge on any atom is -0.261 e. The van der Waals surface area contributed by atoms with Crippen LogP contribution in [0.2, 0.25) is 0 Å². The van der Waals surface area contributed by atoms with Crippen LogP contribution in [0.4, 0.5) is 0 Å². The molecule has 0 aliphatic heterocycles. The van der Waals surface area contributed by atoms with Gasteiger partial charge in [-0.1, -0.05) is 27.8 Å². The lowest BCUT2D eigenvalue weighted by Gasteiger charge is -1.88. The Kier molecular flexibility index (Phi) is 2.28. The number of hydrogen-bond acceptors (Lipinski definition) is 2. The fourth-order valence-electron chi connectivity index (χ4n) is 1.04. The molecule has 2 heterocycles. The van der Waals surface area contributed by atoms with Crippen LogP contribution in [0.3, 0.4) is 0 Å². The lowest BCUT2D eigenvalue weighted by atomic mass is 10.2. The van der Waals surface area contributed by atoms with Crippen molar-refractivity contribution < 1.29 is 0 Å². The summed E-state index contributed by atoms with van der Waals surface area (Å²) in [6.45, 7) is 0. The van der Waals surface area contributed by atoms with E-state index in [9.17, 15) is 0 Å². The molecular weight excluding hydrogens is 230 g/mol. The first-order chi connectivity index (χ1) is 6.40. The molecular formula is C9H6BrN3. The van der Waals surface area contributed by atoms with Crippen molar-refractivity contribution in [3.63, 3.8) is 0 Å². The molecule has 0 unspecified atom stereocenters. The van der Waals surface area contributed by atoms with Gasteiger partial charge in [-0.3, -0.25) is 5.10 Å². The zero-order valence-electron chi connectivity index (χ0n) is 6.71. The summed E-state index contributed by atoms with van der Waals surface area (Å²) >= 11 is 3.24. The molecule has 0 aliphatic carbocycles. The molecule has 0 aliphatic rings. The highest BCUT2D eigenvalue weighted by Gasteiger charge is 1.95. The number of aromatic amines is 1. The predicted molar refractivity (Wildman–Crippen MR) is 54.6 cm³/mol. The normalized spacial score (nSPS) is 9.62. The van der Waals surface area contributed by atoms with Gasteiger partial charge in [0.1, 0.15) is 0 Å². The average Bonchev–Trinajstić information content (AvgIpc) is 2.61. The molecule has 4 heteroatoms. The van der Waals surface area contributed by atoms with Crippen molar-refractivity contribution in [2.75, 3.05) is 5.33 Å².